The molecule has 6 nitrogen and oxygen atoms in total. The van der Waals surface area contributed by atoms with Crippen LogP contribution < -0.4 is 10.6 Å². The molecule has 6 heteroatoms. The van der Waals surface area contributed by atoms with Crippen LogP contribution in [0.15, 0.2) is 36.9 Å². The Labute approximate surface area is 117 Å². The summed E-state index contributed by atoms with van der Waals surface area (Å²) >= 11 is 0. The summed E-state index contributed by atoms with van der Waals surface area (Å²) in [6.07, 6.45) is 9.33. The van der Waals surface area contributed by atoms with E-state index in [1.54, 1.807) is 17.1 Å². The van der Waals surface area contributed by atoms with Gasteiger partial charge in [0, 0.05) is 31.2 Å². The van der Waals surface area contributed by atoms with Gasteiger partial charge in [-0.25, -0.2) is 0 Å². The molecule has 1 saturated carbocycles. The Morgan fingerprint density at radius 2 is 2.30 bits per heavy atom. The van der Waals surface area contributed by atoms with Crippen LogP contribution in [0.3, 0.4) is 0 Å². The summed E-state index contributed by atoms with van der Waals surface area (Å²) in [5.41, 5.74) is 2.00. The maximum atomic E-state index is 11.7. The van der Waals surface area contributed by atoms with Gasteiger partial charge < -0.3 is 10.6 Å². The molecule has 2 aromatic heterocycles. The Hall–Kier alpha value is -2.37. The van der Waals surface area contributed by atoms with Gasteiger partial charge in [0.05, 0.1) is 11.9 Å². The number of hydrogen-bond donors (Lipinski definition) is 2. The smallest absolute Gasteiger partial charge is 0.241 e. The van der Waals surface area contributed by atoms with E-state index in [9.17, 15) is 4.79 Å². The van der Waals surface area contributed by atoms with Gasteiger partial charge in [-0.2, -0.15) is 5.10 Å². The molecule has 0 aromatic carbocycles. The molecule has 2 heterocycles. The molecule has 104 valence electrons. The third-order valence-corrected chi connectivity index (χ3v) is 3.10. The minimum absolute atomic E-state index is 0.0226. The van der Waals surface area contributed by atoms with Crippen molar-refractivity contribution in [1.82, 2.24) is 20.1 Å². The van der Waals surface area contributed by atoms with Gasteiger partial charge >= 0.3 is 0 Å². The molecule has 0 atom stereocenters. The van der Waals surface area contributed by atoms with Crippen molar-refractivity contribution in [3.8, 4) is 0 Å². The Bertz CT molecular complexity index is 576. The second-order valence-electron chi connectivity index (χ2n) is 4.98. The van der Waals surface area contributed by atoms with Crippen molar-refractivity contribution in [1.29, 1.82) is 0 Å². The van der Waals surface area contributed by atoms with Crippen LogP contribution in [-0.4, -0.2) is 26.7 Å². The Kier molecular flexibility index (Phi) is 3.62. The molecule has 1 fully saturated rings. The van der Waals surface area contributed by atoms with Gasteiger partial charge in [0.1, 0.15) is 6.54 Å². The first-order valence-corrected chi connectivity index (χ1v) is 6.74. The van der Waals surface area contributed by atoms with Gasteiger partial charge in [0.2, 0.25) is 5.91 Å². The maximum Gasteiger partial charge on any atom is 0.241 e. The number of nitrogens with one attached hydrogen (secondary N) is 2. The highest BCUT2D eigenvalue weighted by Crippen LogP contribution is 2.18. The molecule has 0 radical (unpaired) electrons. The molecule has 2 N–H and O–H groups in total. The van der Waals surface area contributed by atoms with E-state index in [0.717, 1.165) is 24.1 Å². The Morgan fingerprint density at radius 3 is 3.05 bits per heavy atom. The maximum absolute atomic E-state index is 11.7. The molecule has 0 saturated heterocycles. The Balaban J connectivity index is 1.49. The van der Waals surface area contributed by atoms with Gasteiger partial charge in [-0.3, -0.25) is 14.5 Å². The van der Waals surface area contributed by atoms with E-state index in [4.69, 9.17) is 0 Å². The van der Waals surface area contributed by atoms with Crippen LogP contribution in [0, 0.1) is 0 Å². The molecule has 0 bridgehead atoms. The van der Waals surface area contributed by atoms with Crippen LogP contribution in [0.5, 0.6) is 0 Å². The van der Waals surface area contributed by atoms with Crippen molar-refractivity contribution in [3.05, 3.63) is 42.5 Å². The molecule has 3 rings (SSSR count). The van der Waals surface area contributed by atoms with Crippen LogP contribution >= 0.6 is 0 Å². The van der Waals surface area contributed by atoms with E-state index in [1.165, 1.54) is 0 Å². The van der Waals surface area contributed by atoms with Crippen LogP contribution in [0.1, 0.15) is 18.4 Å². The molecule has 20 heavy (non-hydrogen) atoms. The third-order valence-electron chi connectivity index (χ3n) is 3.10. The van der Waals surface area contributed by atoms with E-state index in [0.29, 0.717) is 12.6 Å². The third kappa shape index (κ3) is 3.57. The number of carbonyl (C=O) groups is 1. The van der Waals surface area contributed by atoms with E-state index < -0.39 is 0 Å². The van der Waals surface area contributed by atoms with Crippen LogP contribution in [0.4, 0.5) is 5.69 Å². The predicted octanol–water partition coefficient (Wildman–Crippen LogP) is 1.17. The van der Waals surface area contributed by atoms with Crippen LogP contribution in [0.2, 0.25) is 0 Å². The molecule has 1 aliphatic rings. The van der Waals surface area contributed by atoms with Crippen LogP contribution in [-0.2, 0) is 17.9 Å². The number of pyridine rings is 1. The average molecular weight is 271 g/mol. The summed E-state index contributed by atoms with van der Waals surface area (Å²) in [4.78, 5) is 15.7. The lowest BCUT2D eigenvalue weighted by Crippen LogP contribution is -2.29. The summed E-state index contributed by atoms with van der Waals surface area (Å²) in [7, 11) is 0. The fourth-order valence-electron chi connectivity index (χ4n) is 1.90. The average Bonchev–Trinajstić information content (AvgIpc) is 3.15. The first kappa shape index (κ1) is 12.7. The van der Waals surface area contributed by atoms with Crippen molar-refractivity contribution >= 4 is 11.6 Å². The number of nitrogens with zero attached hydrogens (tertiary/aromatic N) is 3. The van der Waals surface area contributed by atoms with Crippen molar-refractivity contribution in [2.75, 3.05) is 5.32 Å². The molecular formula is C14H17N5O. The predicted molar refractivity (Wildman–Crippen MR) is 75.0 cm³/mol. The zero-order chi connectivity index (χ0) is 13.8. The summed E-state index contributed by atoms with van der Waals surface area (Å²) in [5, 5.41) is 10.4. The first-order chi connectivity index (χ1) is 9.79. The quantitative estimate of drug-likeness (QED) is 0.827. The van der Waals surface area contributed by atoms with E-state index in [1.807, 2.05) is 24.5 Å². The van der Waals surface area contributed by atoms with E-state index in [2.05, 4.69) is 20.7 Å². The normalized spacial score (nSPS) is 14.0. The van der Waals surface area contributed by atoms with E-state index >= 15 is 0 Å². The fraction of sp³-hybridized carbons (Fsp3) is 0.357. The molecule has 1 aliphatic carbocycles. The largest absolute Gasteiger partial charge is 0.378 e. The molecule has 2 aromatic rings. The lowest BCUT2D eigenvalue weighted by molar-refractivity contribution is -0.122. The molecular weight excluding hydrogens is 254 g/mol. The number of aromatic nitrogens is 3. The fourth-order valence-corrected chi connectivity index (χ4v) is 1.90. The van der Waals surface area contributed by atoms with Gasteiger partial charge in [-0.15, -0.1) is 0 Å². The summed E-state index contributed by atoms with van der Waals surface area (Å²) < 4.78 is 1.64. The highest BCUT2D eigenvalue weighted by molar-refractivity contribution is 5.76. The number of rotatable bonds is 6. The highest BCUT2D eigenvalue weighted by Gasteiger charge is 2.23. The second-order valence-corrected chi connectivity index (χ2v) is 4.98. The molecule has 0 aliphatic heterocycles. The summed E-state index contributed by atoms with van der Waals surface area (Å²) in [6, 6.07) is 4.30. The number of hydrogen-bond acceptors (Lipinski definition) is 4. The molecule has 0 spiro atoms. The Morgan fingerprint density at radius 1 is 1.40 bits per heavy atom. The van der Waals surface area contributed by atoms with Gasteiger partial charge in [-0.05, 0) is 24.5 Å². The summed E-state index contributed by atoms with van der Waals surface area (Å²) in [6.45, 7) is 0.957. The van der Waals surface area contributed by atoms with Gasteiger partial charge in [0.25, 0.3) is 0 Å². The van der Waals surface area contributed by atoms with Crippen molar-refractivity contribution in [3.63, 3.8) is 0 Å². The number of carbonyl (C=O) groups excluding carboxylic acids is 1. The monoisotopic (exact) mass is 271 g/mol. The van der Waals surface area contributed by atoms with Crippen molar-refractivity contribution in [2.45, 2.75) is 32.0 Å². The number of anilines is 1. The second kappa shape index (κ2) is 5.73. The molecule has 1 amide bonds. The summed E-state index contributed by atoms with van der Waals surface area (Å²) in [5.74, 6) is 0.0226. The zero-order valence-electron chi connectivity index (χ0n) is 11.1. The van der Waals surface area contributed by atoms with Gasteiger partial charge in [0.15, 0.2) is 0 Å². The van der Waals surface area contributed by atoms with Gasteiger partial charge in [-0.1, -0.05) is 6.07 Å². The van der Waals surface area contributed by atoms with Crippen molar-refractivity contribution in [2.24, 2.45) is 0 Å². The lowest BCUT2D eigenvalue weighted by atomic mass is 10.3. The number of amides is 1. The van der Waals surface area contributed by atoms with Crippen LogP contribution in [0.25, 0.3) is 0 Å². The lowest BCUT2D eigenvalue weighted by Gasteiger charge is -2.03. The minimum Gasteiger partial charge on any atom is -0.378 e. The highest BCUT2D eigenvalue weighted by atomic mass is 16.2. The minimum atomic E-state index is 0.0226. The zero-order valence-corrected chi connectivity index (χ0v) is 11.1. The SMILES string of the molecule is O=C(Cn1cc(NCc2cccnc2)cn1)NC1CC1. The van der Waals surface area contributed by atoms with E-state index in [-0.39, 0.29) is 12.5 Å². The standard InChI is InChI=1S/C14H17N5O/c20-14(18-12-3-4-12)10-19-9-13(8-17-19)16-7-11-2-1-5-15-6-11/h1-2,5-6,8-9,12,16H,3-4,7,10H2,(H,18,20). The first-order valence-electron chi connectivity index (χ1n) is 6.74. The topological polar surface area (TPSA) is 71.8 Å². The molecule has 0 unspecified atom stereocenters. The van der Waals surface area contributed by atoms with Crippen molar-refractivity contribution < 1.29 is 4.79 Å².